The molecule has 2 aromatic rings. The number of carbonyl (C=O) groups is 2. The molecule has 0 radical (unpaired) electrons. The molecule has 0 saturated carbocycles. The first-order chi connectivity index (χ1) is 11.5. The Morgan fingerprint density at radius 1 is 1.25 bits per heavy atom. The van der Waals surface area contributed by atoms with Gasteiger partial charge in [0.15, 0.2) is 5.76 Å². The van der Waals surface area contributed by atoms with Crippen molar-refractivity contribution in [1.29, 1.82) is 0 Å². The average molecular weight is 330 g/mol. The number of benzene rings is 1. The minimum Gasteiger partial charge on any atom is -0.492 e. The maximum absolute atomic E-state index is 12.3. The Balaban J connectivity index is 1.76. The Morgan fingerprint density at radius 2 is 1.96 bits per heavy atom. The fraction of sp³-hybridized carbons (Fsp3) is 0.333. The Morgan fingerprint density at radius 3 is 2.58 bits per heavy atom. The molecule has 6 nitrogen and oxygen atoms in total. The van der Waals surface area contributed by atoms with Gasteiger partial charge >= 0.3 is 0 Å². The lowest BCUT2D eigenvalue weighted by Crippen LogP contribution is -2.46. The lowest BCUT2D eigenvalue weighted by Gasteiger charge is -2.22. The molecule has 1 aromatic carbocycles. The van der Waals surface area contributed by atoms with Crippen molar-refractivity contribution < 1.29 is 18.7 Å². The maximum Gasteiger partial charge on any atom is 0.287 e. The number of aryl methyl sites for hydroxylation is 1. The maximum atomic E-state index is 12.3. The van der Waals surface area contributed by atoms with Crippen LogP contribution in [0.25, 0.3) is 0 Å². The first-order valence-corrected chi connectivity index (χ1v) is 7.76. The molecule has 0 fully saturated rings. The van der Waals surface area contributed by atoms with Gasteiger partial charge in [-0.05, 0) is 38.1 Å². The topological polar surface area (TPSA) is 71.8 Å². The van der Waals surface area contributed by atoms with Crippen LogP contribution in [0.1, 0.15) is 23.0 Å². The first-order valence-electron chi connectivity index (χ1n) is 7.76. The number of furan rings is 1. The third-order valence-corrected chi connectivity index (χ3v) is 3.56. The predicted octanol–water partition coefficient (Wildman–Crippen LogP) is 2.24. The molecule has 0 saturated heterocycles. The van der Waals surface area contributed by atoms with Crippen LogP contribution in [-0.2, 0) is 4.79 Å². The van der Waals surface area contributed by atoms with Crippen LogP contribution in [0, 0.1) is 6.92 Å². The zero-order valence-corrected chi connectivity index (χ0v) is 14.1. The third kappa shape index (κ3) is 4.87. The van der Waals surface area contributed by atoms with E-state index in [9.17, 15) is 9.59 Å². The van der Waals surface area contributed by atoms with Crippen molar-refractivity contribution >= 4 is 11.8 Å². The molecule has 1 N–H and O–H groups in total. The van der Waals surface area contributed by atoms with Gasteiger partial charge < -0.3 is 19.4 Å². The largest absolute Gasteiger partial charge is 0.492 e. The number of amides is 2. The highest BCUT2D eigenvalue weighted by atomic mass is 16.5. The van der Waals surface area contributed by atoms with E-state index in [1.54, 1.807) is 26.1 Å². The summed E-state index contributed by atoms with van der Waals surface area (Å²) in [4.78, 5) is 25.7. The summed E-state index contributed by atoms with van der Waals surface area (Å²) in [5.41, 5.74) is 1.16. The summed E-state index contributed by atoms with van der Waals surface area (Å²) in [6.07, 6.45) is 1.41. The van der Waals surface area contributed by atoms with Crippen molar-refractivity contribution in [3.05, 3.63) is 54.0 Å². The Hall–Kier alpha value is -2.76. The van der Waals surface area contributed by atoms with Gasteiger partial charge in [-0.3, -0.25) is 9.59 Å². The Kier molecular flexibility index (Phi) is 6.01. The molecular formula is C18H22N2O4. The second kappa shape index (κ2) is 8.19. The van der Waals surface area contributed by atoms with Gasteiger partial charge in [0, 0.05) is 7.05 Å². The van der Waals surface area contributed by atoms with Crippen molar-refractivity contribution in [1.82, 2.24) is 10.2 Å². The van der Waals surface area contributed by atoms with E-state index in [2.05, 4.69) is 5.32 Å². The van der Waals surface area contributed by atoms with E-state index in [1.807, 2.05) is 31.2 Å². The third-order valence-electron chi connectivity index (χ3n) is 3.56. The zero-order chi connectivity index (χ0) is 17.5. The van der Waals surface area contributed by atoms with E-state index in [0.29, 0.717) is 13.2 Å². The highest BCUT2D eigenvalue weighted by Crippen LogP contribution is 2.11. The van der Waals surface area contributed by atoms with Crippen LogP contribution in [0.4, 0.5) is 0 Å². The molecular weight excluding hydrogens is 308 g/mol. The molecule has 1 atom stereocenters. The number of ether oxygens (including phenoxy) is 1. The number of nitrogens with one attached hydrogen (secondary N) is 1. The summed E-state index contributed by atoms with van der Waals surface area (Å²) in [6, 6.07) is 10.2. The molecule has 1 aromatic heterocycles. The van der Waals surface area contributed by atoms with Gasteiger partial charge in [0.05, 0.1) is 12.8 Å². The SMILES string of the molecule is Cc1ccc(OCCN(C)C(=O)[C@H](C)NC(=O)c2ccco2)cc1. The molecule has 24 heavy (non-hydrogen) atoms. The predicted molar refractivity (Wildman–Crippen MR) is 89.9 cm³/mol. The van der Waals surface area contributed by atoms with Crippen LogP contribution in [0.2, 0.25) is 0 Å². The van der Waals surface area contributed by atoms with Gasteiger partial charge in [-0.15, -0.1) is 0 Å². The van der Waals surface area contributed by atoms with E-state index >= 15 is 0 Å². The second-order valence-corrected chi connectivity index (χ2v) is 5.59. The summed E-state index contributed by atoms with van der Waals surface area (Å²) < 4.78 is 10.6. The smallest absolute Gasteiger partial charge is 0.287 e. The minimum atomic E-state index is -0.646. The number of hydrogen-bond donors (Lipinski definition) is 1. The van der Waals surface area contributed by atoms with E-state index < -0.39 is 11.9 Å². The van der Waals surface area contributed by atoms with Crippen LogP contribution in [-0.4, -0.2) is 43.0 Å². The monoisotopic (exact) mass is 330 g/mol. The summed E-state index contributed by atoms with van der Waals surface area (Å²) >= 11 is 0. The van der Waals surface area contributed by atoms with Crippen LogP contribution in [0.5, 0.6) is 5.75 Å². The zero-order valence-electron chi connectivity index (χ0n) is 14.1. The number of rotatable bonds is 7. The molecule has 0 aliphatic rings. The Labute approximate surface area is 141 Å². The van der Waals surface area contributed by atoms with E-state index in [1.165, 1.54) is 11.2 Å². The quantitative estimate of drug-likeness (QED) is 0.845. The Bertz CT molecular complexity index is 665. The highest BCUT2D eigenvalue weighted by Gasteiger charge is 2.21. The summed E-state index contributed by atoms with van der Waals surface area (Å²) in [5.74, 6) is 0.341. The number of hydrogen-bond acceptors (Lipinski definition) is 4. The van der Waals surface area contributed by atoms with Crippen molar-refractivity contribution in [2.24, 2.45) is 0 Å². The normalized spacial score (nSPS) is 11.6. The molecule has 0 aliphatic heterocycles. The van der Waals surface area contributed by atoms with E-state index in [0.717, 1.165) is 11.3 Å². The number of carbonyl (C=O) groups excluding carboxylic acids is 2. The highest BCUT2D eigenvalue weighted by molar-refractivity contribution is 5.95. The molecule has 128 valence electrons. The fourth-order valence-corrected chi connectivity index (χ4v) is 2.11. The molecule has 0 spiro atoms. The van der Waals surface area contributed by atoms with Crippen molar-refractivity contribution in [2.75, 3.05) is 20.2 Å². The first kappa shape index (κ1) is 17.6. The van der Waals surface area contributed by atoms with Gasteiger partial charge in [-0.25, -0.2) is 0 Å². The standard InChI is InChI=1S/C18H22N2O4/c1-13-6-8-15(9-7-13)23-12-10-20(3)18(22)14(2)19-17(21)16-5-4-11-24-16/h4-9,11,14H,10,12H2,1-3H3,(H,19,21)/t14-/m0/s1. The van der Waals surface area contributed by atoms with Crippen LogP contribution >= 0.6 is 0 Å². The van der Waals surface area contributed by atoms with Crippen LogP contribution in [0.3, 0.4) is 0 Å². The number of likely N-dealkylation sites (N-methyl/N-ethyl adjacent to an activating group) is 1. The van der Waals surface area contributed by atoms with Crippen molar-refractivity contribution in [2.45, 2.75) is 19.9 Å². The molecule has 6 heteroatoms. The summed E-state index contributed by atoms with van der Waals surface area (Å²) in [6.45, 7) is 4.45. The van der Waals surface area contributed by atoms with Crippen LogP contribution < -0.4 is 10.1 Å². The van der Waals surface area contributed by atoms with Crippen molar-refractivity contribution in [3.8, 4) is 5.75 Å². The lowest BCUT2D eigenvalue weighted by molar-refractivity contribution is -0.131. The van der Waals surface area contributed by atoms with Gasteiger partial charge in [0.25, 0.3) is 5.91 Å². The minimum absolute atomic E-state index is 0.181. The molecule has 0 unspecified atom stereocenters. The summed E-state index contributed by atoms with van der Waals surface area (Å²) in [5, 5.41) is 2.61. The summed E-state index contributed by atoms with van der Waals surface area (Å²) in [7, 11) is 1.68. The molecule has 2 amide bonds. The van der Waals surface area contributed by atoms with Gasteiger partial charge in [0.1, 0.15) is 18.4 Å². The average Bonchev–Trinajstić information content (AvgIpc) is 3.10. The molecule has 2 rings (SSSR count). The van der Waals surface area contributed by atoms with Gasteiger partial charge in [-0.1, -0.05) is 17.7 Å². The van der Waals surface area contributed by atoms with E-state index in [4.69, 9.17) is 9.15 Å². The fourth-order valence-electron chi connectivity index (χ4n) is 2.11. The number of nitrogens with zero attached hydrogens (tertiary/aromatic N) is 1. The molecule has 0 aliphatic carbocycles. The lowest BCUT2D eigenvalue weighted by atomic mass is 10.2. The van der Waals surface area contributed by atoms with Gasteiger partial charge in [0.2, 0.25) is 5.91 Å². The van der Waals surface area contributed by atoms with Crippen molar-refractivity contribution in [3.63, 3.8) is 0 Å². The van der Waals surface area contributed by atoms with E-state index in [-0.39, 0.29) is 11.7 Å². The molecule has 1 heterocycles. The van der Waals surface area contributed by atoms with Gasteiger partial charge in [-0.2, -0.15) is 0 Å². The molecule has 0 bridgehead atoms. The van der Waals surface area contributed by atoms with Crippen LogP contribution in [0.15, 0.2) is 47.1 Å². The second-order valence-electron chi connectivity index (χ2n) is 5.59.